The highest BCUT2D eigenvalue weighted by Crippen LogP contribution is 2.24. The molecule has 22 heavy (non-hydrogen) atoms. The maximum absolute atomic E-state index is 5.58. The molecule has 4 nitrogen and oxygen atoms in total. The van der Waals surface area contributed by atoms with Gasteiger partial charge < -0.3 is 5.84 Å². The van der Waals surface area contributed by atoms with E-state index in [2.05, 4.69) is 50.6 Å². The van der Waals surface area contributed by atoms with Crippen molar-refractivity contribution in [1.82, 2.24) is 5.32 Å². The molecule has 0 saturated heterocycles. The van der Waals surface area contributed by atoms with Crippen molar-refractivity contribution in [3.8, 4) is 0 Å². The Kier molecular flexibility index (Phi) is 4.36. The lowest BCUT2D eigenvalue weighted by atomic mass is 9.96. The first-order valence-electron chi connectivity index (χ1n) is 7.09. The fraction of sp³-hybridized carbons (Fsp3) is 0.176. The number of rotatable bonds is 2. The zero-order chi connectivity index (χ0) is 15.5. The number of halogens is 1. The van der Waals surface area contributed by atoms with Gasteiger partial charge in [0.05, 0.1) is 11.4 Å². The molecule has 1 heterocycles. The van der Waals surface area contributed by atoms with E-state index in [1.807, 2.05) is 31.3 Å². The van der Waals surface area contributed by atoms with Crippen LogP contribution in [-0.4, -0.2) is 24.6 Å². The third-order valence-corrected chi connectivity index (χ3v) is 4.25. The third kappa shape index (κ3) is 2.82. The van der Waals surface area contributed by atoms with Gasteiger partial charge in [0.15, 0.2) is 0 Å². The smallest absolute Gasteiger partial charge is 0.141 e. The minimum atomic E-state index is -0.216. The summed E-state index contributed by atoms with van der Waals surface area (Å²) in [4.78, 5) is 4.87. The predicted octanol–water partition coefficient (Wildman–Crippen LogP) is 2.70. The molecule has 2 aromatic carbocycles. The Morgan fingerprint density at radius 2 is 2.00 bits per heavy atom. The largest absolute Gasteiger partial charge is 0.323 e. The molecule has 0 fully saturated rings. The van der Waals surface area contributed by atoms with Crippen molar-refractivity contribution in [3.63, 3.8) is 0 Å². The van der Waals surface area contributed by atoms with E-state index in [-0.39, 0.29) is 6.17 Å². The minimum absolute atomic E-state index is 0.216. The number of hydrogen-bond donors (Lipinski definition) is 2. The number of fused-ring (bicyclic) bond motifs is 1. The molecule has 3 N–H and O–H groups in total. The number of aliphatic imine (C=N–C) groups is 1. The van der Waals surface area contributed by atoms with Gasteiger partial charge in [0.2, 0.25) is 0 Å². The number of hydrogen-bond acceptors (Lipinski definition) is 4. The van der Waals surface area contributed by atoms with Crippen LogP contribution in [0.25, 0.3) is 0 Å². The summed E-state index contributed by atoms with van der Waals surface area (Å²) in [5.74, 6) is 5.58. The lowest BCUT2D eigenvalue weighted by Crippen LogP contribution is -2.34. The van der Waals surface area contributed by atoms with Crippen LogP contribution in [0.1, 0.15) is 16.7 Å². The maximum Gasteiger partial charge on any atom is 0.141 e. The van der Waals surface area contributed by atoms with Gasteiger partial charge in [-0.1, -0.05) is 52.3 Å². The molecule has 0 radical (unpaired) electrons. The summed E-state index contributed by atoms with van der Waals surface area (Å²) in [6, 6.07) is 16.4. The number of hydrazone groups is 1. The van der Waals surface area contributed by atoms with Crippen LogP contribution in [-0.2, 0) is 6.42 Å². The molecule has 0 saturated carbocycles. The fourth-order valence-electron chi connectivity index (χ4n) is 2.68. The molecule has 0 aromatic heterocycles. The average Bonchev–Trinajstić information content (AvgIpc) is 2.71. The number of nitrogens with two attached hydrogens (primary N) is 1. The predicted molar refractivity (Wildman–Crippen MR) is 94.4 cm³/mol. The van der Waals surface area contributed by atoms with Crippen LogP contribution in [0.2, 0.25) is 0 Å². The number of benzene rings is 2. The van der Waals surface area contributed by atoms with Crippen molar-refractivity contribution in [1.29, 1.82) is 0 Å². The van der Waals surface area contributed by atoms with Crippen LogP contribution in [0, 0.1) is 0 Å². The molecule has 1 aliphatic rings. The Labute approximate surface area is 138 Å². The van der Waals surface area contributed by atoms with Gasteiger partial charge >= 0.3 is 0 Å². The molecule has 3 rings (SSSR count). The molecular formula is C17H17BrN4. The van der Waals surface area contributed by atoms with Crippen molar-refractivity contribution < 1.29 is 0 Å². The first-order chi connectivity index (χ1) is 10.7. The summed E-state index contributed by atoms with van der Waals surface area (Å²) in [6.07, 6.45) is 0.461. The first-order valence-corrected chi connectivity index (χ1v) is 7.88. The summed E-state index contributed by atoms with van der Waals surface area (Å²) >= 11 is 3.54. The monoisotopic (exact) mass is 356 g/mol. The summed E-state index contributed by atoms with van der Waals surface area (Å²) in [5, 5.41) is 7.13. The second kappa shape index (κ2) is 6.42. The van der Waals surface area contributed by atoms with E-state index in [4.69, 9.17) is 10.8 Å². The van der Waals surface area contributed by atoms with Gasteiger partial charge in [-0.3, -0.25) is 10.3 Å². The summed E-state index contributed by atoms with van der Waals surface area (Å²) in [6.45, 7) is 0. The van der Waals surface area contributed by atoms with E-state index in [9.17, 15) is 0 Å². The van der Waals surface area contributed by atoms with Crippen molar-refractivity contribution in [3.05, 3.63) is 69.7 Å². The quantitative estimate of drug-likeness (QED) is 0.641. The van der Waals surface area contributed by atoms with Crippen LogP contribution in [0.3, 0.4) is 0 Å². The number of nitrogens with zero attached hydrogens (tertiary/aromatic N) is 2. The van der Waals surface area contributed by atoms with Crippen molar-refractivity contribution in [2.75, 3.05) is 7.05 Å². The van der Waals surface area contributed by atoms with Gasteiger partial charge in [0, 0.05) is 22.0 Å². The van der Waals surface area contributed by atoms with Crippen molar-refractivity contribution >= 4 is 27.4 Å². The molecule has 1 atom stereocenters. The molecule has 1 unspecified atom stereocenters. The van der Waals surface area contributed by atoms with E-state index < -0.39 is 0 Å². The highest BCUT2D eigenvalue weighted by atomic mass is 79.9. The van der Waals surface area contributed by atoms with E-state index in [1.165, 1.54) is 5.56 Å². The Bertz CT molecular complexity index is 738. The van der Waals surface area contributed by atoms with E-state index in [0.717, 1.165) is 27.0 Å². The zero-order valence-corrected chi connectivity index (χ0v) is 13.8. The zero-order valence-electron chi connectivity index (χ0n) is 12.3. The van der Waals surface area contributed by atoms with Crippen LogP contribution in [0.15, 0.2) is 63.1 Å². The molecule has 5 heteroatoms. The Morgan fingerprint density at radius 3 is 2.68 bits per heavy atom. The Morgan fingerprint density at radius 1 is 1.23 bits per heavy atom. The van der Waals surface area contributed by atoms with Crippen molar-refractivity contribution in [2.24, 2.45) is 15.9 Å². The molecule has 0 bridgehead atoms. The molecule has 2 aromatic rings. The standard InChI is InChI=1S/C17H17BrN4/c1-20-17-15(22-19)10-12-9-13(18)7-8-14(12)16(21-17)11-5-3-2-4-6-11/h2-9,17,20H,10,19H2,1H3/b22-15+. The lowest BCUT2D eigenvalue weighted by molar-refractivity contribution is 0.725. The Balaban J connectivity index is 2.23. The molecule has 1 aliphatic heterocycles. The van der Waals surface area contributed by atoms with E-state index in [0.29, 0.717) is 6.42 Å². The molecular weight excluding hydrogens is 340 g/mol. The normalized spacial score (nSPS) is 19.5. The van der Waals surface area contributed by atoms with Crippen LogP contribution in [0.4, 0.5) is 0 Å². The minimum Gasteiger partial charge on any atom is -0.323 e. The Hall–Kier alpha value is -1.98. The highest BCUT2D eigenvalue weighted by Gasteiger charge is 2.23. The average molecular weight is 357 g/mol. The molecule has 0 spiro atoms. The summed E-state index contributed by atoms with van der Waals surface area (Å²) < 4.78 is 1.04. The van der Waals surface area contributed by atoms with Gasteiger partial charge in [0.1, 0.15) is 6.17 Å². The molecule has 112 valence electrons. The van der Waals surface area contributed by atoms with Gasteiger partial charge in [-0.15, -0.1) is 0 Å². The van der Waals surface area contributed by atoms with Crippen LogP contribution in [0.5, 0.6) is 0 Å². The number of nitrogens with one attached hydrogen (secondary N) is 1. The van der Waals surface area contributed by atoms with Gasteiger partial charge in [-0.2, -0.15) is 5.10 Å². The molecule has 0 amide bonds. The SMILES string of the molecule is CNC1N=C(c2ccccc2)c2ccc(Br)cc2C/C1=N\N. The highest BCUT2D eigenvalue weighted by molar-refractivity contribution is 9.10. The van der Waals surface area contributed by atoms with E-state index >= 15 is 0 Å². The lowest BCUT2D eigenvalue weighted by Gasteiger charge is -2.12. The van der Waals surface area contributed by atoms with Gasteiger partial charge in [0.25, 0.3) is 0 Å². The second-order valence-corrected chi connectivity index (χ2v) is 6.05. The summed E-state index contributed by atoms with van der Waals surface area (Å²) in [7, 11) is 1.87. The van der Waals surface area contributed by atoms with Gasteiger partial charge in [-0.05, 0) is 24.7 Å². The van der Waals surface area contributed by atoms with Gasteiger partial charge in [-0.25, -0.2) is 0 Å². The van der Waals surface area contributed by atoms with E-state index in [1.54, 1.807) is 0 Å². The maximum atomic E-state index is 5.58. The fourth-order valence-corrected chi connectivity index (χ4v) is 3.09. The van der Waals surface area contributed by atoms with Crippen LogP contribution < -0.4 is 11.2 Å². The first kappa shape index (κ1) is 14.9. The van der Waals surface area contributed by atoms with Crippen LogP contribution >= 0.6 is 15.9 Å². The summed E-state index contributed by atoms with van der Waals surface area (Å²) in [5.41, 5.74) is 5.16. The molecule has 0 aliphatic carbocycles. The second-order valence-electron chi connectivity index (χ2n) is 5.13. The topological polar surface area (TPSA) is 62.8 Å². The van der Waals surface area contributed by atoms with Crippen molar-refractivity contribution in [2.45, 2.75) is 12.6 Å². The third-order valence-electron chi connectivity index (χ3n) is 3.75.